The number of fused-ring (bicyclic) bond motifs is 2. The lowest BCUT2D eigenvalue weighted by Gasteiger charge is -2.45. The van der Waals surface area contributed by atoms with Gasteiger partial charge in [-0.25, -0.2) is 0 Å². The van der Waals surface area contributed by atoms with Gasteiger partial charge in [-0.05, 0) is 5.56 Å². The van der Waals surface area contributed by atoms with E-state index in [1.807, 2.05) is 6.07 Å². The molecule has 90 valence electrons. The molecule has 0 saturated carbocycles. The zero-order chi connectivity index (χ0) is 11.7. The van der Waals surface area contributed by atoms with Crippen LogP contribution in [0.5, 0.6) is 0 Å². The van der Waals surface area contributed by atoms with Crippen LogP contribution in [0.15, 0.2) is 30.3 Å². The molecule has 17 heavy (non-hydrogen) atoms. The third-order valence-corrected chi connectivity index (χ3v) is 3.69. The van der Waals surface area contributed by atoms with Gasteiger partial charge < -0.3 is 4.74 Å². The van der Waals surface area contributed by atoms with Gasteiger partial charge in [0.2, 0.25) is 0 Å². The molecule has 0 radical (unpaired) electrons. The van der Waals surface area contributed by atoms with E-state index in [1.54, 1.807) is 0 Å². The highest BCUT2D eigenvalue weighted by Crippen LogP contribution is 2.27. The number of piperidine rings is 1. The zero-order valence-corrected chi connectivity index (χ0v) is 9.84. The van der Waals surface area contributed by atoms with Crippen LogP contribution in [0.1, 0.15) is 18.4 Å². The molecule has 3 nitrogen and oxygen atoms in total. The smallest absolute Gasteiger partial charge is 0.136 e. The van der Waals surface area contributed by atoms with E-state index in [-0.39, 0.29) is 12.1 Å². The Morgan fingerprint density at radius 1 is 1.12 bits per heavy atom. The fraction of sp³-hybridized carbons (Fsp3) is 0.500. The average Bonchev–Trinajstić information content (AvgIpc) is 2.32. The van der Waals surface area contributed by atoms with Crippen molar-refractivity contribution < 1.29 is 9.53 Å². The Labute approximate surface area is 101 Å². The molecule has 2 aliphatic heterocycles. The second kappa shape index (κ2) is 4.59. The lowest BCUT2D eigenvalue weighted by atomic mass is 9.92. The van der Waals surface area contributed by atoms with Gasteiger partial charge in [0.1, 0.15) is 5.78 Å². The summed E-state index contributed by atoms with van der Waals surface area (Å²) in [5, 5.41) is 0. The lowest BCUT2D eigenvalue weighted by Crippen LogP contribution is -2.56. The van der Waals surface area contributed by atoms with E-state index >= 15 is 0 Å². The second-order valence-electron chi connectivity index (χ2n) is 4.95. The molecule has 2 heterocycles. The Morgan fingerprint density at radius 2 is 1.76 bits per heavy atom. The number of morpholine rings is 1. The first-order chi connectivity index (χ1) is 8.33. The van der Waals surface area contributed by atoms with E-state index < -0.39 is 0 Å². The molecule has 0 aliphatic carbocycles. The van der Waals surface area contributed by atoms with Gasteiger partial charge in [-0.2, -0.15) is 0 Å². The molecular weight excluding hydrogens is 214 g/mol. The van der Waals surface area contributed by atoms with Crippen LogP contribution in [-0.2, 0) is 16.1 Å². The van der Waals surface area contributed by atoms with Crippen molar-refractivity contribution in [3.05, 3.63) is 35.9 Å². The minimum absolute atomic E-state index is 0.287. The van der Waals surface area contributed by atoms with Crippen molar-refractivity contribution in [1.82, 2.24) is 4.90 Å². The minimum atomic E-state index is 0.287. The van der Waals surface area contributed by atoms with E-state index in [0.717, 1.165) is 6.54 Å². The monoisotopic (exact) mass is 231 g/mol. The molecule has 0 amide bonds. The highest BCUT2D eigenvalue weighted by atomic mass is 16.5. The predicted octanol–water partition coefficient (Wildman–Crippen LogP) is 1.62. The molecule has 3 heteroatoms. The average molecular weight is 231 g/mol. The topological polar surface area (TPSA) is 29.5 Å². The molecule has 2 saturated heterocycles. The first-order valence-electron chi connectivity index (χ1n) is 6.22. The number of rotatable bonds is 2. The maximum absolute atomic E-state index is 11.6. The maximum atomic E-state index is 11.6. The predicted molar refractivity (Wildman–Crippen MR) is 64.6 cm³/mol. The first-order valence-corrected chi connectivity index (χ1v) is 6.22. The molecule has 1 aromatic carbocycles. The van der Waals surface area contributed by atoms with E-state index in [1.165, 1.54) is 5.56 Å². The third-order valence-electron chi connectivity index (χ3n) is 3.69. The Kier molecular flexibility index (Phi) is 2.95. The Hall–Kier alpha value is -1.19. The van der Waals surface area contributed by atoms with E-state index in [2.05, 4.69) is 29.2 Å². The lowest BCUT2D eigenvalue weighted by molar-refractivity contribution is -0.136. The molecule has 2 fully saturated rings. The van der Waals surface area contributed by atoms with Crippen molar-refractivity contribution in [2.45, 2.75) is 31.5 Å². The number of carbonyl (C=O) groups is 1. The summed E-state index contributed by atoms with van der Waals surface area (Å²) in [6.45, 7) is 2.34. The summed E-state index contributed by atoms with van der Waals surface area (Å²) < 4.78 is 5.56. The summed E-state index contributed by atoms with van der Waals surface area (Å²) in [4.78, 5) is 14.0. The van der Waals surface area contributed by atoms with Gasteiger partial charge in [-0.3, -0.25) is 9.69 Å². The zero-order valence-electron chi connectivity index (χ0n) is 9.84. The fourth-order valence-corrected chi connectivity index (χ4v) is 2.84. The molecule has 0 N–H and O–H groups in total. The van der Waals surface area contributed by atoms with Crippen molar-refractivity contribution >= 4 is 5.78 Å². The molecule has 3 rings (SSSR count). The molecule has 2 aliphatic rings. The van der Waals surface area contributed by atoms with Gasteiger partial charge in [0.05, 0.1) is 13.2 Å². The van der Waals surface area contributed by atoms with Crippen molar-refractivity contribution in [3.63, 3.8) is 0 Å². The number of Topliss-reactive ketones (excluding diaryl/α,β-unsaturated/α-hetero) is 1. The summed E-state index contributed by atoms with van der Waals surface area (Å²) in [6.07, 6.45) is 1.31. The normalized spacial score (nSPS) is 29.3. The van der Waals surface area contributed by atoms with Crippen LogP contribution in [0.4, 0.5) is 0 Å². The first kappa shape index (κ1) is 10.9. The number of carbonyl (C=O) groups excluding carboxylic acids is 1. The van der Waals surface area contributed by atoms with Crippen LogP contribution < -0.4 is 0 Å². The number of hydrogen-bond donors (Lipinski definition) is 0. The summed E-state index contributed by atoms with van der Waals surface area (Å²) in [7, 11) is 0. The molecule has 2 bridgehead atoms. The molecular formula is C14H17NO2. The third kappa shape index (κ3) is 2.26. The van der Waals surface area contributed by atoms with E-state index in [0.29, 0.717) is 31.8 Å². The van der Waals surface area contributed by atoms with E-state index in [4.69, 9.17) is 4.74 Å². The SMILES string of the molecule is O=C1CC2COC[C@@H](C1)N2Cc1ccccc1. The fourth-order valence-electron chi connectivity index (χ4n) is 2.84. The summed E-state index contributed by atoms with van der Waals surface area (Å²) in [5.41, 5.74) is 1.32. The largest absolute Gasteiger partial charge is 0.378 e. The number of hydrogen-bond acceptors (Lipinski definition) is 3. The van der Waals surface area contributed by atoms with Gasteiger partial charge in [-0.15, -0.1) is 0 Å². The van der Waals surface area contributed by atoms with Crippen molar-refractivity contribution in [2.24, 2.45) is 0 Å². The highest BCUT2D eigenvalue weighted by Gasteiger charge is 2.37. The molecule has 0 spiro atoms. The van der Waals surface area contributed by atoms with Gasteiger partial charge in [-0.1, -0.05) is 30.3 Å². The molecule has 2 atom stereocenters. The number of nitrogens with zero attached hydrogens (tertiary/aromatic N) is 1. The van der Waals surface area contributed by atoms with Crippen molar-refractivity contribution in [1.29, 1.82) is 0 Å². The number of ketones is 1. The Bertz CT molecular complexity index is 388. The van der Waals surface area contributed by atoms with Gasteiger partial charge in [0.25, 0.3) is 0 Å². The van der Waals surface area contributed by atoms with Crippen LogP contribution >= 0.6 is 0 Å². The number of benzene rings is 1. The second-order valence-corrected chi connectivity index (χ2v) is 4.95. The quantitative estimate of drug-likeness (QED) is 0.774. The Balaban J connectivity index is 1.76. The van der Waals surface area contributed by atoms with Gasteiger partial charge >= 0.3 is 0 Å². The minimum Gasteiger partial charge on any atom is -0.378 e. The van der Waals surface area contributed by atoms with Gasteiger partial charge in [0.15, 0.2) is 0 Å². The molecule has 1 aromatic rings. The highest BCUT2D eigenvalue weighted by molar-refractivity contribution is 5.80. The molecule has 1 unspecified atom stereocenters. The van der Waals surface area contributed by atoms with Crippen LogP contribution in [-0.4, -0.2) is 36.0 Å². The maximum Gasteiger partial charge on any atom is 0.136 e. The Morgan fingerprint density at radius 3 is 2.41 bits per heavy atom. The summed E-state index contributed by atoms with van der Waals surface area (Å²) in [6, 6.07) is 11.0. The summed E-state index contributed by atoms with van der Waals surface area (Å²) in [5.74, 6) is 0.396. The van der Waals surface area contributed by atoms with Crippen LogP contribution in [0.2, 0.25) is 0 Å². The standard InChI is InChI=1S/C14H17NO2/c16-14-6-12-9-17-10-13(7-14)15(12)8-11-4-2-1-3-5-11/h1-5,12-13H,6-10H2/t12-,13?/m1/s1. The van der Waals surface area contributed by atoms with Crippen LogP contribution in [0, 0.1) is 0 Å². The van der Waals surface area contributed by atoms with Crippen LogP contribution in [0.3, 0.4) is 0 Å². The van der Waals surface area contributed by atoms with Crippen molar-refractivity contribution in [2.75, 3.05) is 13.2 Å². The van der Waals surface area contributed by atoms with E-state index in [9.17, 15) is 4.79 Å². The summed E-state index contributed by atoms with van der Waals surface area (Å²) >= 11 is 0. The molecule has 0 aromatic heterocycles. The van der Waals surface area contributed by atoms with Crippen molar-refractivity contribution in [3.8, 4) is 0 Å². The number of ether oxygens (including phenoxy) is 1. The van der Waals surface area contributed by atoms with Crippen LogP contribution in [0.25, 0.3) is 0 Å². The van der Waals surface area contributed by atoms with Gasteiger partial charge in [0, 0.05) is 31.5 Å².